The fraction of sp³-hybridized carbons (Fsp3) is 0.0769. The molecule has 0 unspecified atom stereocenters. The van der Waals surface area contributed by atoms with Crippen LogP contribution >= 0.6 is 11.6 Å². The topological polar surface area (TPSA) is 80.4 Å². The summed E-state index contributed by atoms with van der Waals surface area (Å²) in [4.78, 5) is 20.0. The summed E-state index contributed by atoms with van der Waals surface area (Å²) >= 11 is 6.06. The van der Waals surface area contributed by atoms with Crippen molar-refractivity contribution in [1.29, 1.82) is 0 Å². The molecule has 6 aromatic rings. The van der Waals surface area contributed by atoms with Gasteiger partial charge in [0.15, 0.2) is 11.3 Å². The average Bonchev–Trinajstić information content (AvgIpc) is 3.46. The zero-order valence-electron chi connectivity index (χ0n) is 18.6. The van der Waals surface area contributed by atoms with Gasteiger partial charge in [0.1, 0.15) is 5.15 Å². The Morgan fingerprint density at radius 1 is 0.794 bits per heavy atom. The van der Waals surface area contributed by atoms with Gasteiger partial charge in [0, 0.05) is 41.7 Å². The minimum absolute atomic E-state index is 0.102. The van der Waals surface area contributed by atoms with Gasteiger partial charge in [-0.1, -0.05) is 60.1 Å². The van der Waals surface area contributed by atoms with Gasteiger partial charge in [-0.15, -0.1) is 0 Å². The Kier molecular flexibility index (Phi) is 5.69. The standard InChI is InChI=1S/C13H10ClN3.C13H11N3O/c1-9-4-2-3-5-10(9)11-8-13-15-7-6-12(14)17(13)16-11;1-9-4-2-3-5-10(9)11-8-12-14-7-6-13(17)16(12)15-11/h2-8H,1H3;2-8,15H,1H3. The molecule has 0 amide bonds. The van der Waals surface area contributed by atoms with Crippen molar-refractivity contribution in [2.45, 2.75) is 13.8 Å². The van der Waals surface area contributed by atoms with Crippen molar-refractivity contribution in [3.8, 4) is 22.5 Å². The summed E-state index contributed by atoms with van der Waals surface area (Å²) in [6.45, 7) is 4.10. The monoisotopic (exact) mass is 468 g/mol. The normalized spacial score (nSPS) is 10.9. The Bertz CT molecular complexity index is 1680. The van der Waals surface area contributed by atoms with Crippen molar-refractivity contribution in [1.82, 2.24) is 29.2 Å². The van der Waals surface area contributed by atoms with Crippen molar-refractivity contribution in [2.75, 3.05) is 0 Å². The van der Waals surface area contributed by atoms with Gasteiger partial charge < -0.3 is 0 Å². The second-order valence-corrected chi connectivity index (χ2v) is 8.23. The Labute approximate surface area is 200 Å². The molecule has 0 radical (unpaired) electrons. The first-order valence-electron chi connectivity index (χ1n) is 10.7. The molecule has 0 bridgehead atoms. The minimum atomic E-state index is -0.102. The lowest BCUT2D eigenvalue weighted by molar-refractivity contribution is 0.902. The lowest BCUT2D eigenvalue weighted by Gasteiger charge is -2.01. The lowest BCUT2D eigenvalue weighted by atomic mass is 10.1. The number of aryl methyl sites for hydroxylation is 2. The maximum absolute atomic E-state index is 11.6. The van der Waals surface area contributed by atoms with Crippen LogP contribution in [0.1, 0.15) is 11.1 Å². The van der Waals surface area contributed by atoms with Crippen LogP contribution in [0.5, 0.6) is 0 Å². The molecule has 7 nitrogen and oxygen atoms in total. The number of rotatable bonds is 2. The summed E-state index contributed by atoms with van der Waals surface area (Å²) in [7, 11) is 0. The zero-order chi connectivity index (χ0) is 23.7. The summed E-state index contributed by atoms with van der Waals surface area (Å²) in [5.41, 5.74) is 7.62. The number of aromatic amines is 1. The Morgan fingerprint density at radius 2 is 1.44 bits per heavy atom. The van der Waals surface area contributed by atoms with Crippen molar-refractivity contribution in [3.63, 3.8) is 0 Å². The number of hydrogen-bond donors (Lipinski definition) is 1. The van der Waals surface area contributed by atoms with E-state index in [1.807, 2.05) is 61.5 Å². The smallest absolute Gasteiger partial charge is 0.272 e. The van der Waals surface area contributed by atoms with Gasteiger partial charge in [-0.2, -0.15) is 5.10 Å². The Hall–Kier alpha value is -4.23. The first-order chi connectivity index (χ1) is 16.5. The highest BCUT2D eigenvalue weighted by Crippen LogP contribution is 2.24. The molecule has 8 heteroatoms. The van der Waals surface area contributed by atoms with Crippen LogP contribution in [0.4, 0.5) is 0 Å². The van der Waals surface area contributed by atoms with E-state index in [1.54, 1.807) is 16.8 Å². The van der Waals surface area contributed by atoms with Crippen LogP contribution in [0.25, 0.3) is 33.8 Å². The number of hydrogen-bond acceptors (Lipinski definition) is 4. The molecule has 0 saturated heterocycles. The molecule has 0 saturated carbocycles. The van der Waals surface area contributed by atoms with Crippen molar-refractivity contribution < 1.29 is 0 Å². The molecule has 0 fully saturated rings. The van der Waals surface area contributed by atoms with E-state index in [9.17, 15) is 4.79 Å². The van der Waals surface area contributed by atoms with E-state index in [4.69, 9.17) is 11.6 Å². The summed E-state index contributed by atoms with van der Waals surface area (Å²) in [6.07, 6.45) is 3.20. The molecule has 2 aromatic carbocycles. The molecule has 4 heterocycles. The van der Waals surface area contributed by atoms with Crippen LogP contribution < -0.4 is 5.56 Å². The molecule has 0 aliphatic carbocycles. The van der Waals surface area contributed by atoms with Crippen LogP contribution in [0, 0.1) is 13.8 Å². The van der Waals surface area contributed by atoms with Gasteiger partial charge in [0.05, 0.1) is 11.4 Å². The van der Waals surface area contributed by atoms with Crippen molar-refractivity contribution in [2.24, 2.45) is 0 Å². The highest BCUT2D eigenvalue weighted by atomic mass is 35.5. The van der Waals surface area contributed by atoms with Crippen LogP contribution in [0.2, 0.25) is 5.15 Å². The summed E-state index contributed by atoms with van der Waals surface area (Å²) in [5, 5.41) is 8.09. The van der Waals surface area contributed by atoms with Gasteiger partial charge in [-0.05, 0) is 31.0 Å². The second kappa shape index (κ2) is 8.96. The van der Waals surface area contributed by atoms with E-state index in [-0.39, 0.29) is 5.56 Å². The number of benzene rings is 2. The number of nitrogens with one attached hydrogen (secondary N) is 1. The third-order valence-corrected chi connectivity index (χ3v) is 5.83. The third kappa shape index (κ3) is 4.09. The summed E-state index contributed by atoms with van der Waals surface area (Å²) in [5.74, 6) is 0. The highest BCUT2D eigenvalue weighted by molar-refractivity contribution is 6.29. The van der Waals surface area contributed by atoms with E-state index in [0.717, 1.165) is 33.7 Å². The molecule has 0 atom stereocenters. The quantitative estimate of drug-likeness (QED) is 0.347. The van der Waals surface area contributed by atoms with Gasteiger partial charge in [-0.25, -0.2) is 19.0 Å². The Balaban J connectivity index is 0.000000142. The Morgan fingerprint density at radius 3 is 2.12 bits per heavy atom. The molecule has 1 N–H and O–H groups in total. The van der Waals surface area contributed by atoms with E-state index in [1.165, 1.54) is 22.3 Å². The first-order valence-corrected chi connectivity index (χ1v) is 11.1. The molecular weight excluding hydrogens is 448 g/mol. The average molecular weight is 469 g/mol. The predicted octanol–water partition coefficient (Wildman–Crippen LogP) is 5.36. The van der Waals surface area contributed by atoms with Crippen LogP contribution in [0.15, 0.2) is 90.0 Å². The van der Waals surface area contributed by atoms with Crippen LogP contribution in [-0.2, 0) is 0 Å². The second-order valence-electron chi connectivity index (χ2n) is 7.84. The van der Waals surface area contributed by atoms with E-state index in [0.29, 0.717) is 10.8 Å². The molecule has 0 aliphatic heterocycles. The molecule has 6 rings (SSSR count). The molecule has 34 heavy (non-hydrogen) atoms. The maximum Gasteiger partial charge on any atom is 0.272 e. The predicted molar refractivity (Wildman–Crippen MR) is 134 cm³/mol. The number of H-pyrrole nitrogens is 1. The zero-order valence-corrected chi connectivity index (χ0v) is 19.4. The van der Waals surface area contributed by atoms with E-state index in [2.05, 4.69) is 33.2 Å². The largest absolute Gasteiger partial charge is 0.289 e. The van der Waals surface area contributed by atoms with Crippen LogP contribution in [0.3, 0.4) is 0 Å². The molecule has 0 spiro atoms. The van der Waals surface area contributed by atoms with Crippen LogP contribution in [-0.4, -0.2) is 29.2 Å². The molecule has 168 valence electrons. The number of aromatic nitrogens is 6. The van der Waals surface area contributed by atoms with Crippen molar-refractivity contribution in [3.05, 3.63) is 112 Å². The van der Waals surface area contributed by atoms with Gasteiger partial charge in [0.25, 0.3) is 5.56 Å². The fourth-order valence-corrected chi connectivity index (χ4v) is 3.97. The molecule has 4 aromatic heterocycles. The fourth-order valence-electron chi connectivity index (χ4n) is 3.79. The highest BCUT2D eigenvalue weighted by Gasteiger charge is 2.09. The lowest BCUT2D eigenvalue weighted by Crippen LogP contribution is -2.12. The maximum atomic E-state index is 11.6. The van der Waals surface area contributed by atoms with E-state index >= 15 is 0 Å². The van der Waals surface area contributed by atoms with Gasteiger partial charge in [-0.3, -0.25) is 9.89 Å². The summed E-state index contributed by atoms with van der Waals surface area (Å²) in [6, 6.07) is 23.1. The molecular formula is C26H21ClN6O. The minimum Gasteiger partial charge on any atom is -0.289 e. The van der Waals surface area contributed by atoms with Crippen molar-refractivity contribution >= 4 is 22.9 Å². The van der Waals surface area contributed by atoms with Gasteiger partial charge >= 0.3 is 0 Å². The SMILES string of the molecule is Cc1ccccc1-c1cc2nccc(=O)n2[nH]1.Cc1ccccc1-c1cc2nccc(Cl)n2n1. The first kappa shape index (κ1) is 21.6. The number of fused-ring (bicyclic) bond motifs is 2. The number of nitrogens with zero attached hydrogens (tertiary/aromatic N) is 5. The third-order valence-electron chi connectivity index (χ3n) is 5.55. The van der Waals surface area contributed by atoms with E-state index < -0.39 is 0 Å². The van der Waals surface area contributed by atoms with Gasteiger partial charge in [0.2, 0.25) is 0 Å². The number of halogens is 1. The molecule has 0 aliphatic rings. The summed E-state index contributed by atoms with van der Waals surface area (Å²) < 4.78 is 3.09.